The van der Waals surface area contributed by atoms with E-state index in [9.17, 15) is 9.59 Å². The molecular formula is C27H23N3O3S. The van der Waals surface area contributed by atoms with E-state index in [4.69, 9.17) is 9.72 Å². The number of ether oxygens (including phenoxy) is 1. The zero-order valence-corrected chi connectivity index (χ0v) is 19.7. The topological polar surface area (TPSA) is 62.7 Å². The first kappa shape index (κ1) is 21.9. The van der Waals surface area contributed by atoms with E-state index in [1.54, 1.807) is 25.1 Å². The molecule has 0 saturated carbocycles. The van der Waals surface area contributed by atoms with Gasteiger partial charge in [0.1, 0.15) is 15.6 Å². The number of benzene rings is 3. The molecule has 0 radical (unpaired) electrons. The number of thiazole rings is 1. The monoisotopic (exact) mass is 469 g/mol. The Balaban J connectivity index is 1.61. The highest BCUT2D eigenvalue weighted by atomic mass is 32.1. The summed E-state index contributed by atoms with van der Waals surface area (Å²) >= 11 is 1.36. The van der Waals surface area contributed by atoms with Gasteiger partial charge in [-0.2, -0.15) is 0 Å². The molecule has 2 heterocycles. The second kappa shape index (κ2) is 9.11. The summed E-state index contributed by atoms with van der Waals surface area (Å²) in [6, 6.07) is 26.8. The Labute approximate surface area is 202 Å². The minimum atomic E-state index is -0.782. The number of nitrogens with zero attached hydrogens (tertiary/aromatic N) is 3. The molecule has 2 amide bonds. The molecular weight excluding hydrogens is 446 g/mol. The number of carbonyl (C=O) groups excluding carboxylic acids is 2. The number of rotatable bonds is 4. The fourth-order valence-electron chi connectivity index (χ4n) is 3.93. The predicted octanol–water partition coefficient (Wildman–Crippen LogP) is 4.97. The molecule has 1 aliphatic rings. The third kappa shape index (κ3) is 4.06. The van der Waals surface area contributed by atoms with Crippen molar-refractivity contribution in [3.8, 4) is 27.6 Å². The van der Waals surface area contributed by atoms with Crippen molar-refractivity contribution in [2.45, 2.75) is 6.10 Å². The highest BCUT2D eigenvalue weighted by Crippen LogP contribution is 2.39. The molecule has 0 spiro atoms. The number of hydrogen-bond acceptors (Lipinski definition) is 5. The SMILES string of the molecule is CN(C)C(=O)[C@@H]1CN(C(=O)c2sc(-c3ccccc3)nc2-c2ccccc2)c2ccccc2O1. The van der Waals surface area contributed by atoms with Crippen LogP contribution in [0.15, 0.2) is 84.9 Å². The summed E-state index contributed by atoms with van der Waals surface area (Å²) in [6.07, 6.45) is -0.782. The maximum atomic E-state index is 14.1. The molecule has 7 heteroatoms. The molecule has 1 aromatic heterocycles. The van der Waals surface area contributed by atoms with E-state index in [0.717, 1.165) is 16.1 Å². The second-order valence-corrected chi connectivity index (χ2v) is 9.15. The van der Waals surface area contributed by atoms with E-state index in [0.29, 0.717) is 22.0 Å². The lowest BCUT2D eigenvalue weighted by Gasteiger charge is -2.35. The van der Waals surface area contributed by atoms with Crippen molar-refractivity contribution in [2.24, 2.45) is 0 Å². The van der Waals surface area contributed by atoms with E-state index in [1.807, 2.05) is 78.9 Å². The van der Waals surface area contributed by atoms with Gasteiger partial charge in [0.15, 0.2) is 6.10 Å². The molecule has 0 unspecified atom stereocenters. The van der Waals surface area contributed by atoms with Gasteiger partial charge in [-0.3, -0.25) is 14.5 Å². The van der Waals surface area contributed by atoms with Crippen LogP contribution < -0.4 is 9.64 Å². The van der Waals surface area contributed by atoms with Crippen LogP contribution >= 0.6 is 11.3 Å². The quantitative estimate of drug-likeness (QED) is 0.423. The van der Waals surface area contributed by atoms with E-state index >= 15 is 0 Å². The molecule has 6 nitrogen and oxygen atoms in total. The maximum absolute atomic E-state index is 14.1. The molecule has 0 N–H and O–H groups in total. The van der Waals surface area contributed by atoms with Gasteiger partial charge in [-0.05, 0) is 12.1 Å². The van der Waals surface area contributed by atoms with Crippen molar-refractivity contribution in [1.29, 1.82) is 0 Å². The number of carbonyl (C=O) groups is 2. The molecule has 34 heavy (non-hydrogen) atoms. The molecule has 1 atom stereocenters. The average molecular weight is 470 g/mol. The summed E-state index contributed by atoms with van der Waals surface area (Å²) in [4.78, 5) is 35.3. The Morgan fingerprint density at radius 2 is 1.53 bits per heavy atom. The Hall–Kier alpha value is -3.97. The zero-order valence-electron chi connectivity index (χ0n) is 18.8. The van der Waals surface area contributed by atoms with Crippen LogP contribution in [0.25, 0.3) is 21.8 Å². The predicted molar refractivity (Wildman–Crippen MR) is 134 cm³/mol. The molecule has 0 fully saturated rings. The number of likely N-dealkylation sites (N-methyl/N-ethyl adjacent to an activating group) is 1. The summed E-state index contributed by atoms with van der Waals surface area (Å²) in [7, 11) is 3.36. The highest BCUT2D eigenvalue weighted by molar-refractivity contribution is 7.17. The number of aromatic nitrogens is 1. The molecule has 0 bridgehead atoms. The van der Waals surface area contributed by atoms with Crippen LogP contribution in [0, 0.1) is 0 Å². The fraction of sp³-hybridized carbons (Fsp3) is 0.148. The molecule has 5 rings (SSSR count). The molecule has 0 aliphatic carbocycles. The lowest BCUT2D eigenvalue weighted by molar-refractivity contribution is -0.135. The van der Waals surface area contributed by atoms with Crippen LogP contribution in [0.4, 0.5) is 5.69 Å². The average Bonchev–Trinajstić information content (AvgIpc) is 3.34. The van der Waals surface area contributed by atoms with E-state index < -0.39 is 6.10 Å². The van der Waals surface area contributed by atoms with Gasteiger partial charge in [-0.1, -0.05) is 72.8 Å². The minimum Gasteiger partial charge on any atom is -0.476 e. The van der Waals surface area contributed by atoms with Crippen LogP contribution in [0.2, 0.25) is 0 Å². The molecule has 4 aromatic rings. The Bertz CT molecular complexity index is 1340. The van der Waals surface area contributed by atoms with Gasteiger partial charge in [0.2, 0.25) is 0 Å². The third-order valence-electron chi connectivity index (χ3n) is 5.62. The summed E-state index contributed by atoms with van der Waals surface area (Å²) in [6.45, 7) is 0.125. The Morgan fingerprint density at radius 1 is 0.912 bits per heavy atom. The van der Waals surface area contributed by atoms with Crippen molar-refractivity contribution in [3.63, 3.8) is 0 Å². The van der Waals surface area contributed by atoms with Crippen LogP contribution in [-0.2, 0) is 4.79 Å². The Kier molecular flexibility index (Phi) is 5.86. The van der Waals surface area contributed by atoms with E-state index in [1.165, 1.54) is 16.2 Å². The smallest absolute Gasteiger partial charge is 0.270 e. The van der Waals surface area contributed by atoms with Crippen molar-refractivity contribution in [2.75, 3.05) is 25.5 Å². The zero-order chi connectivity index (χ0) is 23.7. The molecule has 3 aromatic carbocycles. The molecule has 1 aliphatic heterocycles. The summed E-state index contributed by atoms with van der Waals surface area (Å²) in [5.41, 5.74) is 3.09. The number of amides is 2. The maximum Gasteiger partial charge on any atom is 0.270 e. The van der Waals surface area contributed by atoms with Crippen LogP contribution in [0.5, 0.6) is 5.75 Å². The highest BCUT2D eigenvalue weighted by Gasteiger charge is 2.36. The van der Waals surface area contributed by atoms with Gasteiger partial charge < -0.3 is 9.64 Å². The van der Waals surface area contributed by atoms with E-state index in [2.05, 4.69) is 0 Å². The van der Waals surface area contributed by atoms with Crippen LogP contribution in [0.3, 0.4) is 0 Å². The molecule has 170 valence electrons. The van der Waals surface area contributed by atoms with Crippen molar-refractivity contribution in [1.82, 2.24) is 9.88 Å². The lowest BCUT2D eigenvalue weighted by atomic mass is 10.1. The van der Waals surface area contributed by atoms with Gasteiger partial charge >= 0.3 is 0 Å². The number of hydrogen-bond donors (Lipinski definition) is 0. The number of fused-ring (bicyclic) bond motifs is 1. The summed E-state index contributed by atoms with van der Waals surface area (Å²) in [5.74, 6) is 0.118. The summed E-state index contributed by atoms with van der Waals surface area (Å²) in [5, 5.41) is 0.769. The van der Waals surface area contributed by atoms with Gasteiger partial charge in [-0.25, -0.2) is 4.98 Å². The van der Waals surface area contributed by atoms with Gasteiger partial charge in [-0.15, -0.1) is 11.3 Å². The summed E-state index contributed by atoms with van der Waals surface area (Å²) < 4.78 is 5.96. The normalized spacial score (nSPS) is 14.8. The first-order valence-corrected chi connectivity index (χ1v) is 11.7. The first-order chi connectivity index (χ1) is 16.5. The fourth-order valence-corrected chi connectivity index (χ4v) is 4.97. The van der Waals surface area contributed by atoms with Crippen molar-refractivity contribution < 1.29 is 14.3 Å². The van der Waals surface area contributed by atoms with Crippen LogP contribution in [-0.4, -0.2) is 48.4 Å². The first-order valence-electron chi connectivity index (χ1n) is 10.9. The number of anilines is 1. The van der Waals surface area contributed by atoms with Crippen LogP contribution in [0.1, 0.15) is 9.67 Å². The van der Waals surface area contributed by atoms with Gasteiger partial charge in [0.25, 0.3) is 11.8 Å². The van der Waals surface area contributed by atoms with Gasteiger partial charge in [0, 0.05) is 25.2 Å². The number of para-hydroxylation sites is 2. The van der Waals surface area contributed by atoms with Gasteiger partial charge in [0.05, 0.1) is 17.9 Å². The second-order valence-electron chi connectivity index (χ2n) is 8.15. The van der Waals surface area contributed by atoms with Crippen molar-refractivity contribution in [3.05, 3.63) is 89.8 Å². The van der Waals surface area contributed by atoms with Crippen molar-refractivity contribution >= 4 is 28.8 Å². The largest absolute Gasteiger partial charge is 0.476 e. The van der Waals surface area contributed by atoms with E-state index in [-0.39, 0.29) is 18.4 Å². The third-order valence-corrected chi connectivity index (χ3v) is 6.72. The molecule has 0 saturated heterocycles. The lowest BCUT2D eigenvalue weighted by Crippen LogP contribution is -2.50. The minimum absolute atomic E-state index is 0.125. The standard InChI is InChI=1S/C27H23N3O3S/c1-29(2)26(31)22-17-30(20-15-9-10-16-21(20)33-22)27(32)24-23(18-11-5-3-6-12-18)28-25(34-24)19-13-7-4-8-14-19/h3-16,22H,17H2,1-2H3/t22-/m0/s1. The Morgan fingerprint density at radius 3 is 2.21 bits per heavy atom.